The number of phenols is 1. The van der Waals surface area contributed by atoms with E-state index in [1.165, 1.54) is 0 Å². The standard InChI is InChI=1S/C13H19NO3S/c1-10-2-3-13(15)12(6-10)8-14-7-11-4-5-18(16,17)9-11/h2-3,6,11,14-15H,4-5,7-9H2,1H3. The number of phenolic OH excluding ortho intramolecular Hbond substituents is 1. The normalized spacial score (nSPS) is 22.2. The van der Waals surface area contributed by atoms with Gasteiger partial charge in [-0.05, 0) is 31.9 Å². The van der Waals surface area contributed by atoms with Crippen molar-refractivity contribution in [3.63, 3.8) is 0 Å². The smallest absolute Gasteiger partial charge is 0.150 e. The molecular weight excluding hydrogens is 250 g/mol. The van der Waals surface area contributed by atoms with Gasteiger partial charge < -0.3 is 10.4 Å². The first-order valence-electron chi connectivity index (χ1n) is 6.16. The Morgan fingerprint density at radius 3 is 2.89 bits per heavy atom. The lowest BCUT2D eigenvalue weighted by Crippen LogP contribution is -2.23. The number of rotatable bonds is 4. The minimum atomic E-state index is -2.79. The predicted molar refractivity (Wildman–Crippen MR) is 71.3 cm³/mol. The van der Waals surface area contributed by atoms with Crippen molar-refractivity contribution in [2.24, 2.45) is 5.92 Å². The van der Waals surface area contributed by atoms with Crippen LogP contribution in [0.15, 0.2) is 18.2 Å². The lowest BCUT2D eigenvalue weighted by Gasteiger charge is -2.11. The highest BCUT2D eigenvalue weighted by Crippen LogP contribution is 2.19. The van der Waals surface area contributed by atoms with Gasteiger partial charge in [0.15, 0.2) is 9.84 Å². The van der Waals surface area contributed by atoms with E-state index in [9.17, 15) is 13.5 Å². The Hall–Kier alpha value is -1.07. The number of aromatic hydroxyl groups is 1. The molecule has 0 spiro atoms. The number of hydrogen-bond acceptors (Lipinski definition) is 4. The summed E-state index contributed by atoms with van der Waals surface area (Å²) in [6, 6.07) is 5.49. The molecule has 0 amide bonds. The van der Waals surface area contributed by atoms with Gasteiger partial charge in [-0.3, -0.25) is 0 Å². The molecule has 4 nitrogen and oxygen atoms in total. The van der Waals surface area contributed by atoms with Gasteiger partial charge in [0.05, 0.1) is 11.5 Å². The molecule has 1 aliphatic rings. The molecule has 0 aliphatic carbocycles. The fourth-order valence-corrected chi connectivity index (χ4v) is 4.16. The van der Waals surface area contributed by atoms with E-state index >= 15 is 0 Å². The third-order valence-electron chi connectivity index (χ3n) is 3.31. The molecule has 0 aromatic heterocycles. The average Bonchev–Trinajstić information content (AvgIpc) is 2.63. The first-order chi connectivity index (χ1) is 8.46. The summed E-state index contributed by atoms with van der Waals surface area (Å²) < 4.78 is 22.6. The molecule has 2 N–H and O–H groups in total. The predicted octanol–water partition coefficient (Wildman–Crippen LogP) is 1.22. The summed E-state index contributed by atoms with van der Waals surface area (Å²) in [5.41, 5.74) is 1.96. The second-order valence-corrected chi connectivity index (χ2v) is 7.26. The van der Waals surface area contributed by atoms with Crippen LogP contribution in [0.3, 0.4) is 0 Å². The minimum Gasteiger partial charge on any atom is -0.508 e. The molecule has 1 aliphatic heterocycles. The van der Waals surface area contributed by atoms with Crippen molar-refractivity contribution in [1.82, 2.24) is 5.32 Å². The topological polar surface area (TPSA) is 66.4 Å². The van der Waals surface area contributed by atoms with Gasteiger partial charge in [0.1, 0.15) is 5.75 Å². The zero-order valence-corrected chi connectivity index (χ0v) is 11.3. The Morgan fingerprint density at radius 2 is 2.22 bits per heavy atom. The van der Waals surface area contributed by atoms with Crippen LogP contribution < -0.4 is 5.32 Å². The van der Waals surface area contributed by atoms with Crippen LogP contribution in [-0.4, -0.2) is 31.6 Å². The summed E-state index contributed by atoms with van der Waals surface area (Å²) in [6.07, 6.45) is 0.745. The first-order valence-corrected chi connectivity index (χ1v) is 7.98. The van der Waals surface area contributed by atoms with Crippen LogP contribution >= 0.6 is 0 Å². The van der Waals surface area contributed by atoms with Gasteiger partial charge in [0.25, 0.3) is 0 Å². The lowest BCUT2D eigenvalue weighted by molar-refractivity contribution is 0.459. The first kappa shape index (κ1) is 13.4. The van der Waals surface area contributed by atoms with Gasteiger partial charge in [-0.25, -0.2) is 8.42 Å². The molecule has 0 saturated carbocycles. The van der Waals surface area contributed by atoms with Crippen LogP contribution in [-0.2, 0) is 16.4 Å². The maximum atomic E-state index is 11.3. The minimum absolute atomic E-state index is 0.210. The van der Waals surface area contributed by atoms with Crippen molar-refractivity contribution in [2.45, 2.75) is 19.9 Å². The summed E-state index contributed by atoms with van der Waals surface area (Å²) in [5, 5.41) is 12.9. The van der Waals surface area contributed by atoms with Gasteiger partial charge in [0, 0.05) is 12.1 Å². The van der Waals surface area contributed by atoms with Crippen molar-refractivity contribution in [3.05, 3.63) is 29.3 Å². The van der Waals surface area contributed by atoms with Gasteiger partial charge in [-0.15, -0.1) is 0 Å². The van der Waals surface area contributed by atoms with Crippen molar-refractivity contribution in [1.29, 1.82) is 0 Å². The fourth-order valence-electron chi connectivity index (χ4n) is 2.30. The van der Waals surface area contributed by atoms with Gasteiger partial charge in [-0.2, -0.15) is 0 Å². The number of hydrogen-bond donors (Lipinski definition) is 2. The zero-order valence-electron chi connectivity index (χ0n) is 10.5. The van der Waals surface area contributed by atoms with Gasteiger partial charge >= 0.3 is 0 Å². The molecule has 2 rings (SSSR count). The summed E-state index contributed by atoms with van der Waals surface area (Å²) in [6.45, 7) is 3.24. The third-order valence-corrected chi connectivity index (χ3v) is 5.15. The fraction of sp³-hybridized carbons (Fsp3) is 0.538. The summed E-state index contributed by atoms with van der Waals surface area (Å²) in [5.74, 6) is 1.10. The van der Waals surface area contributed by atoms with E-state index in [0.717, 1.165) is 17.5 Å². The molecule has 1 unspecified atom stereocenters. The Morgan fingerprint density at radius 1 is 1.44 bits per heavy atom. The van der Waals surface area contributed by atoms with Gasteiger partial charge in [0.2, 0.25) is 0 Å². The number of aryl methyl sites for hydroxylation is 1. The van der Waals surface area contributed by atoms with Crippen LogP contribution in [0.25, 0.3) is 0 Å². The van der Waals surface area contributed by atoms with E-state index in [1.807, 2.05) is 19.1 Å². The van der Waals surface area contributed by atoms with Gasteiger partial charge in [-0.1, -0.05) is 17.7 Å². The second-order valence-electron chi connectivity index (χ2n) is 5.03. The van der Waals surface area contributed by atoms with Crippen molar-refractivity contribution in [2.75, 3.05) is 18.1 Å². The monoisotopic (exact) mass is 269 g/mol. The van der Waals surface area contributed by atoms with E-state index < -0.39 is 9.84 Å². The molecule has 5 heteroatoms. The average molecular weight is 269 g/mol. The Labute approximate surface area is 108 Å². The molecular formula is C13H19NO3S. The summed E-state index contributed by atoms with van der Waals surface area (Å²) in [7, 11) is -2.79. The number of sulfone groups is 1. The van der Waals surface area contributed by atoms with Crippen molar-refractivity contribution >= 4 is 9.84 Å². The molecule has 1 saturated heterocycles. The largest absolute Gasteiger partial charge is 0.508 e. The molecule has 1 atom stereocenters. The van der Waals surface area contributed by atoms with E-state index in [0.29, 0.717) is 24.6 Å². The number of nitrogens with one attached hydrogen (secondary N) is 1. The number of benzene rings is 1. The molecule has 1 aromatic carbocycles. The SMILES string of the molecule is Cc1ccc(O)c(CNCC2CCS(=O)(=O)C2)c1. The Balaban J connectivity index is 1.84. The molecule has 18 heavy (non-hydrogen) atoms. The van der Waals surface area contributed by atoms with Crippen LogP contribution in [0.2, 0.25) is 0 Å². The highest BCUT2D eigenvalue weighted by Gasteiger charge is 2.27. The highest BCUT2D eigenvalue weighted by molar-refractivity contribution is 7.91. The molecule has 1 fully saturated rings. The van der Waals surface area contributed by atoms with Crippen LogP contribution in [0.1, 0.15) is 17.5 Å². The summed E-state index contributed by atoms with van der Waals surface area (Å²) >= 11 is 0. The van der Waals surface area contributed by atoms with E-state index in [1.54, 1.807) is 6.07 Å². The molecule has 0 bridgehead atoms. The molecule has 1 aromatic rings. The van der Waals surface area contributed by atoms with E-state index in [-0.39, 0.29) is 11.7 Å². The van der Waals surface area contributed by atoms with Crippen LogP contribution in [0.5, 0.6) is 5.75 Å². The Kier molecular flexibility index (Phi) is 3.92. The molecule has 0 radical (unpaired) electrons. The third kappa shape index (κ3) is 3.46. The van der Waals surface area contributed by atoms with Crippen molar-refractivity contribution in [3.8, 4) is 5.75 Å². The molecule has 100 valence electrons. The maximum absolute atomic E-state index is 11.3. The van der Waals surface area contributed by atoms with E-state index in [2.05, 4.69) is 5.32 Å². The Bertz CT molecular complexity index is 525. The maximum Gasteiger partial charge on any atom is 0.150 e. The zero-order chi connectivity index (χ0) is 13.2. The van der Waals surface area contributed by atoms with Crippen LogP contribution in [0, 0.1) is 12.8 Å². The highest BCUT2D eigenvalue weighted by atomic mass is 32.2. The second kappa shape index (κ2) is 5.28. The quantitative estimate of drug-likeness (QED) is 0.862. The lowest BCUT2D eigenvalue weighted by atomic mass is 10.1. The van der Waals surface area contributed by atoms with Crippen molar-refractivity contribution < 1.29 is 13.5 Å². The molecule has 1 heterocycles. The van der Waals surface area contributed by atoms with E-state index in [4.69, 9.17) is 0 Å². The summed E-state index contributed by atoms with van der Waals surface area (Å²) in [4.78, 5) is 0. The van der Waals surface area contributed by atoms with Crippen LogP contribution in [0.4, 0.5) is 0 Å².